The fraction of sp³-hybridized carbons (Fsp3) is 0.321. The van der Waals surface area contributed by atoms with Gasteiger partial charge in [-0.3, -0.25) is 19.5 Å². The van der Waals surface area contributed by atoms with Crippen molar-refractivity contribution in [1.29, 1.82) is 0 Å². The Kier molecular flexibility index (Phi) is 9.05. The van der Waals surface area contributed by atoms with Gasteiger partial charge in [0.25, 0.3) is 11.2 Å². The quantitative estimate of drug-likeness (QED) is 0.155. The number of thiazole rings is 1. The lowest BCUT2D eigenvalue weighted by Crippen LogP contribution is -2.40. The SMILES string of the molecule is CCCCOc1ccc(C2C(C(=O)OCCOC)=C(C)N=c3sc(=Cc4ccccc4[N+](=O)[O-])c(=O)n32)cc1. The summed E-state index contributed by atoms with van der Waals surface area (Å²) in [6.45, 7) is 4.64. The molecule has 0 aliphatic carbocycles. The van der Waals surface area contributed by atoms with Crippen LogP contribution in [0.1, 0.15) is 43.9 Å². The number of fused-ring (bicyclic) bond motifs is 1. The summed E-state index contributed by atoms with van der Waals surface area (Å²) in [7, 11) is 1.51. The number of nitro benzene ring substituents is 1. The van der Waals surface area contributed by atoms with E-state index in [0.717, 1.165) is 24.2 Å². The number of unbranched alkanes of at least 4 members (excludes halogenated alkanes) is 1. The summed E-state index contributed by atoms with van der Waals surface area (Å²) in [5.41, 5.74) is 1.09. The van der Waals surface area contributed by atoms with E-state index in [0.29, 0.717) is 34.0 Å². The number of aromatic nitrogens is 1. The van der Waals surface area contributed by atoms with Crippen LogP contribution in [0.2, 0.25) is 0 Å². The third-order valence-corrected chi connectivity index (χ3v) is 7.13. The number of allylic oxidation sites excluding steroid dienone is 1. The fourth-order valence-corrected chi connectivity index (χ4v) is 5.23. The second-order valence-corrected chi connectivity index (χ2v) is 9.81. The van der Waals surface area contributed by atoms with Crippen LogP contribution in [0.3, 0.4) is 0 Å². The van der Waals surface area contributed by atoms with Gasteiger partial charge in [0.1, 0.15) is 12.4 Å². The smallest absolute Gasteiger partial charge is 0.338 e. The lowest BCUT2D eigenvalue weighted by Gasteiger charge is -2.25. The zero-order valence-corrected chi connectivity index (χ0v) is 22.7. The summed E-state index contributed by atoms with van der Waals surface area (Å²) in [6, 6.07) is 12.6. The number of nitrogens with zero attached hydrogens (tertiary/aromatic N) is 3. The van der Waals surface area contributed by atoms with Gasteiger partial charge in [0.05, 0.1) is 45.5 Å². The van der Waals surface area contributed by atoms with Crippen LogP contribution in [0.25, 0.3) is 6.08 Å². The van der Waals surface area contributed by atoms with Gasteiger partial charge in [-0.1, -0.05) is 48.9 Å². The Bertz CT molecular complexity index is 1570. The molecule has 0 N–H and O–H groups in total. The van der Waals surface area contributed by atoms with E-state index < -0.39 is 22.5 Å². The molecule has 1 aliphatic rings. The lowest BCUT2D eigenvalue weighted by atomic mass is 9.96. The minimum Gasteiger partial charge on any atom is -0.494 e. The number of benzene rings is 2. The number of para-hydroxylation sites is 1. The highest BCUT2D eigenvalue weighted by Gasteiger charge is 2.33. The topological polar surface area (TPSA) is 122 Å². The van der Waals surface area contributed by atoms with Crippen LogP contribution < -0.4 is 19.6 Å². The van der Waals surface area contributed by atoms with E-state index >= 15 is 0 Å². The average molecular weight is 552 g/mol. The molecule has 11 heteroatoms. The van der Waals surface area contributed by atoms with Gasteiger partial charge < -0.3 is 14.2 Å². The van der Waals surface area contributed by atoms with Gasteiger partial charge in [-0.15, -0.1) is 0 Å². The number of carbonyl (C=O) groups is 1. The van der Waals surface area contributed by atoms with Crippen LogP contribution in [0.4, 0.5) is 5.69 Å². The van der Waals surface area contributed by atoms with Gasteiger partial charge in [-0.2, -0.15) is 0 Å². The summed E-state index contributed by atoms with van der Waals surface area (Å²) in [6.07, 6.45) is 3.43. The highest BCUT2D eigenvalue weighted by Crippen LogP contribution is 2.31. The van der Waals surface area contributed by atoms with Gasteiger partial charge >= 0.3 is 5.97 Å². The van der Waals surface area contributed by atoms with Crippen LogP contribution in [-0.2, 0) is 14.3 Å². The molecule has 3 aromatic rings. The molecule has 204 valence electrons. The second kappa shape index (κ2) is 12.6. The first-order chi connectivity index (χ1) is 18.8. The Labute approximate surface area is 228 Å². The van der Waals surface area contributed by atoms with E-state index in [2.05, 4.69) is 11.9 Å². The molecule has 0 fully saturated rings. The third kappa shape index (κ3) is 6.15. The minimum absolute atomic E-state index is 0.0468. The van der Waals surface area contributed by atoms with Gasteiger partial charge in [-0.05, 0) is 43.2 Å². The van der Waals surface area contributed by atoms with Crippen LogP contribution in [-0.4, -0.2) is 42.4 Å². The Morgan fingerprint density at radius 2 is 1.90 bits per heavy atom. The van der Waals surface area contributed by atoms with Crippen molar-refractivity contribution in [3.8, 4) is 5.75 Å². The van der Waals surface area contributed by atoms with Crippen LogP contribution in [0, 0.1) is 10.1 Å². The molecule has 0 amide bonds. The molecule has 0 radical (unpaired) electrons. The fourth-order valence-electron chi connectivity index (χ4n) is 4.19. The average Bonchev–Trinajstić information content (AvgIpc) is 3.22. The van der Waals surface area contributed by atoms with Gasteiger partial charge in [0.15, 0.2) is 4.80 Å². The van der Waals surface area contributed by atoms with Crippen molar-refractivity contribution in [1.82, 2.24) is 4.57 Å². The van der Waals surface area contributed by atoms with Gasteiger partial charge in [0.2, 0.25) is 0 Å². The number of nitro groups is 1. The Morgan fingerprint density at radius 1 is 1.15 bits per heavy atom. The number of methoxy groups -OCH3 is 1. The first kappa shape index (κ1) is 27.9. The van der Waals surface area contributed by atoms with E-state index in [1.807, 2.05) is 12.1 Å². The van der Waals surface area contributed by atoms with Crippen molar-refractivity contribution in [3.05, 3.63) is 101 Å². The summed E-state index contributed by atoms with van der Waals surface area (Å²) < 4.78 is 17.9. The van der Waals surface area contributed by atoms with Crippen molar-refractivity contribution < 1.29 is 23.9 Å². The van der Waals surface area contributed by atoms with E-state index in [4.69, 9.17) is 14.2 Å². The van der Waals surface area contributed by atoms with Crippen LogP contribution in [0.15, 0.2) is 69.6 Å². The molecule has 10 nitrogen and oxygen atoms in total. The molecule has 0 bridgehead atoms. The molecular formula is C28H29N3O7S. The first-order valence-corrected chi connectivity index (χ1v) is 13.3. The highest BCUT2D eigenvalue weighted by molar-refractivity contribution is 7.07. The zero-order chi connectivity index (χ0) is 27.9. The molecule has 0 saturated carbocycles. The molecule has 4 rings (SSSR count). The minimum atomic E-state index is -0.811. The van der Waals surface area contributed by atoms with Crippen molar-refractivity contribution in [3.63, 3.8) is 0 Å². The van der Waals surface area contributed by atoms with Crippen molar-refractivity contribution in [2.24, 2.45) is 4.99 Å². The third-order valence-electron chi connectivity index (χ3n) is 6.14. The highest BCUT2D eigenvalue weighted by atomic mass is 32.1. The number of hydrogen-bond donors (Lipinski definition) is 0. The Hall–Kier alpha value is -4.09. The molecular weight excluding hydrogens is 522 g/mol. The molecule has 39 heavy (non-hydrogen) atoms. The van der Waals surface area contributed by atoms with E-state index in [-0.39, 0.29) is 29.0 Å². The van der Waals surface area contributed by atoms with E-state index in [1.165, 1.54) is 23.8 Å². The number of ether oxygens (including phenoxy) is 3. The predicted molar refractivity (Wildman–Crippen MR) is 147 cm³/mol. The molecule has 1 atom stereocenters. The maximum atomic E-state index is 13.8. The molecule has 0 spiro atoms. The zero-order valence-electron chi connectivity index (χ0n) is 21.9. The summed E-state index contributed by atoms with van der Waals surface area (Å²) in [5, 5.41) is 11.5. The summed E-state index contributed by atoms with van der Waals surface area (Å²) >= 11 is 1.11. The van der Waals surface area contributed by atoms with Crippen LogP contribution >= 0.6 is 11.3 Å². The molecule has 1 aromatic heterocycles. The number of esters is 1. The number of carbonyl (C=O) groups excluding carboxylic acids is 1. The Balaban J connectivity index is 1.84. The second-order valence-electron chi connectivity index (χ2n) is 8.80. The monoisotopic (exact) mass is 551 g/mol. The van der Waals surface area contributed by atoms with Gasteiger partial charge in [-0.25, -0.2) is 9.79 Å². The van der Waals surface area contributed by atoms with E-state index in [9.17, 15) is 19.7 Å². The first-order valence-electron chi connectivity index (χ1n) is 12.5. The van der Waals surface area contributed by atoms with Crippen molar-refractivity contribution in [2.75, 3.05) is 26.9 Å². The molecule has 2 aromatic carbocycles. The molecule has 0 saturated heterocycles. The van der Waals surface area contributed by atoms with Crippen molar-refractivity contribution in [2.45, 2.75) is 32.7 Å². The molecule has 1 unspecified atom stereocenters. The standard InChI is InChI=1S/C28H29N3O7S/c1-4-5-14-37-21-12-10-19(11-13-21)25-24(27(33)38-16-15-36-3)18(2)29-28-30(25)26(32)23(39-28)17-20-8-6-7-9-22(20)31(34)35/h6-13,17,25H,4-5,14-16H2,1-3H3. The predicted octanol–water partition coefficient (Wildman–Crippen LogP) is 3.51. The van der Waals surface area contributed by atoms with E-state index in [1.54, 1.807) is 37.3 Å². The largest absolute Gasteiger partial charge is 0.494 e. The van der Waals surface area contributed by atoms with Crippen molar-refractivity contribution >= 4 is 29.1 Å². The molecule has 2 heterocycles. The van der Waals surface area contributed by atoms with Gasteiger partial charge in [0, 0.05) is 13.2 Å². The maximum Gasteiger partial charge on any atom is 0.338 e. The maximum absolute atomic E-state index is 13.8. The number of hydrogen-bond acceptors (Lipinski definition) is 9. The lowest BCUT2D eigenvalue weighted by molar-refractivity contribution is -0.385. The summed E-state index contributed by atoms with van der Waals surface area (Å²) in [5.74, 6) is 0.0791. The molecule has 1 aliphatic heterocycles. The summed E-state index contributed by atoms with van der Waals surface area (Å²) in [4.78, 5) is 42.9. The van der Waals surface area contributed by atoms with Crippen LogP contribution in [0.5, 0.6) is 5.75 Å². The number of rotatable bonds is 11. The Morgan fingerprint density at radius 3 is 2.59 bits per heavy atom. The normalized spacial score (nSPS) is 15.1.